The van der Waals surface area contributed by atoms with Gasteiger partial charge in [0.1, 0.15) is 0 Å². The summed E-state index contributed by atoms with van der Waals surface area (Å²) in [5, 5.41) is 22.1. The third-order valence-electron chi connectivity index (χ3n) is 3.58. The average Bonchev–Trinajstić information content (AvgIpc) is 2.14. The van der Waals surface area contributed by atoms with Gasteiger partial charge in [-0.15, -0.1) is 0 Å². The van der Waals surface area contributed by atoms with Gasteiger partial charge in [0.2, 0.25) is 0 Å². The van der Waals surface area contributed by atoms with Crippen molar-refractivity contribution in [3.05, 3.63) is 0 Å². The summed E-state index contributed by atoms with van der Waals surface area (Å²) in [6, 6.07) is 0. The predicted molar refractivity (Wildman–Crippen MR) is 53.8 cm³/mol. The van der Waals surface area contributed by atoms with E-state index in [1.165, 1.54) is 0 Å². The topological polar surface area (TPSA) is 80.3 Å². The first-order chi connectivity index (χ1) is 7.25. The summed E-state index contributed by atoms with van der Waals surface area (Å²) in [4.78, 5) is 22.1. The van der Waals surface area contributed by atoms with E-state index in [-0.39, 0.29) is 70.4 Å². The Bertz CT molecular complexity index is 299. The van der Waals surface area contributed by atoms with E-state index in [0.29, 0.717) is 6.42 Å². The number of carboxylic acid groups (broad SMARTS) is 2. The van der Waals surface area contributed by atoms with Crippen molar-refractivity contribution in [2.75, 3.05) is 0 Å². The zero-order chi connectivity index (χ0) is 12.5. The SMILES string of the molecule is CC(C)(C)C1CCCC(C(=O)[O-])C1C(=O)[O-].[Na+].[Na+]. The zero-order valence-electron chi connectivity index (χ0n) is 12.0. The molecule has 0 spiro atoms. The third-order valence-corrected chi connectivity index (χ3v) is 3.58. The molecule has 0 saturated heterocycles. The average molecular weight is 272 g/mol. The van der Waals surface area contributed by atoms with E-state index in [2.05, 4.69) is 0 Å². The molecule has 1 rings (SSSR count). The van der Waals surface area contributed by atoms with E-state index >= 15 is 0 Å². The van der Waals surface area contributed by atoms with Crippen LogP contribution in [0.3, 0.4) is 0 Å². The van der Waals surface area contributed by atoms with Crippen molar-refractivity contribution in [1.29, 1.82) is 0 Å². The quantitative estimate of drug-likeness (QED) is 0.468. The molecule has 0 aromatic rings. The molecule has 0 radical (unpaired) electrons. The monoisotopic (exact) mass is 272 g/mol. The van der Waals surface area contributed by atoms with Crippen LogP contribution in [0.5, 0.6) is 0 Å². The fraction of sp³-hybridized carbons (Fsp3) is 0.833. The molecule has 0 bridgehead atoms. The standard InChI is InChI=1S/C12H20O4.2Na/c1-12(2,3)8-6-4-5-7(10(13)14)9(8)11(15)16;;/h7-9H,4-6H2,1-3H3,(H,13,14)(H,15,16);;/q;2*+1/p-2. The normalized spacial score (nSPS) is 27.6. The molecule has 0 heterocycles. The fourth-order valence-electron chi connectivity index (χ4n) is 2.76. The Kier molecular flexibility index (Phi) is 9.77. The summed E-state index contributed by atoms with van der Waals surface area (Å²) < 4.78 is 0. The van der Waals surface area contributed by atoms with E-state index < -0.39 is 23.8 Å². The van der Waals surface area contributed by atoms with Gasteiger partial charge in [-0.1, -0.05) is 27.2 Å². The van der Waals surface area contributed by atoms with Crippen LogP contribution in [-0.4, -0.2) is 11.9 Å². The predicted octanol–water partition coefficient (Wildman–Crippen LogP) is -6.43. The molecule has 1 aliphatic rings. The van der Waals surface area contributed by atoms with Crippen molar-refractivity contribution in [3.63, 3.8) is 0 Å². The smallest absolute Gasteiger partial charge is 0.550 e. The summed E-state index contributed by atoms with van der Waals surface area (Å²) >= 11 is 0. The Balaban J connectivity index is 0. The van der Waals surface area contributed by atoms with Gasteiger partial charge < -0.3 is 19.8 Å². The van der Waals surface area contributed by atoms with Crippen molar-refractivity contribution in [2.24, 2.45) is 23.2 Å². The molecule has 4 nitrogen and oxygen atoms in total. The van der Waals surface area contributed by atoms with Gasteiger partial charge in [0.05, 0.1) is 0 Å². The molecule has 1 saturated carbocycles. The van der Waals surface area contributed by atoms with E-state index in [9.17, 15) is 19.8 Å². The Morgan fingerprint density at radius 1 is 1.00 bits per heavy atom. The molecular formula is C12H18Na2O4. The molecule has 3 atom stereocenters. The number of aliphatic carboxylic acids is 2. The minimum Gasteiger partial charge on any atom is -0.550 e. The summed E-state index contributed by atoms with van der Waals surface area (Å²) in [6.07, 6.45) is 1.86. The van der Waals surface area contributed by atoms with E-state index in [1.807, 2.05) is 20.8 Å². The Morgan fingerprint density at radius 2 is 1.50 bits per heavy atom. The molecule has 0 N–H and O–H groups in total. The molecule has 0 amide bonds. The summed E-state index contributed by atoms with van der Waals surface area (Å²) in [5.74, 6) is -4.49. The number of rotatable bonds is 2. The first-order valence-electron chi connectivity index (χ1n) is 5.67. The Hall–Kier alpha value is 0.940. The number of carbonyl (C=O) groups is 2. The van der Waals surface area contributed by atoms with Crippen molar-refractivity contribution < 1.29 is 78.9 Å². The van der Waals surface area contributed by atoms with Gasteiger partial charge in [-0.3, -0.25) is 0 Å². The molecule has 3 unspecified atom stereocenters. The van der Waals surface area contributed by atoms with Crippen LogP contribution in [-0.2, 0) is 9.59 Å². The van der Waals surface area contributed by atoms with Crippen LogP contribution in [0.1, 0.15) is 40.0 Å². The van der Waals surface area contributed by atoms with Crippen LogP contribution in [0.4, 0.5) is 0 Å². The maximum absolute atomic E-state index is 11.1. The maximum atomic E-state index is 11.1. The molecule has 18 heavy (non-hydrogen) atoms. The molecule has 1 fully saturated rings. The van der Waals surface area contributed by atoms with Crippen LogP contribution in [0.25, 0.3) is 0 Å². The van der Waals surface area contributed by atoms with Crippen LogP contribution >= 0.6 is 0 Å². The van der Waals surface area contributed by atoms with Crippen molar-refractivity contribution in [2.45, 2.75) is 40.0 Å². The number of carboxylic acids is 2. The van der Waals surface area contributed by atoms with Gasteiger partial charge in [-0.2, -0.15) is 0 Å². The minimum atomic E-state index is -1.26. The molecule has 0 aliphatic heterocycles. The van der Waals surface area contributed by atoms with Crippen LogP contribution in [0.15, 0.2) is 0 Å². The first-order valence-corrected chi connectivity index (χ1v) is 5.67. The first kappa shape index (κ1) is 21.2. The Labute approximate surface area is 152 Å². The molecular weight excluding hydrogens is 254 g/mol. The number of hydrogen-bond donors (Lipinski definition) is 0. The third kappa shape index (κ3) is 5.14. The molecule has 0 aromatic carbocycles. The second kappa shape index (κ2) is 8.28. The van der Waals surface area contributed by atoms with Gasteiger partial charge in [0.25, 0.3) is 0 Å². The van der Waals surface area contributed by atoms with Gasteiger partial charge in [-0.25, -0.2) is 0 Å². The van der Waals surface area contributed by atoms with E-state index in [0.717, 1.165) is 12.8 Å². The molecule has 0 aromatic heterocycles. The van der Waals surface area contributed by atoms with Gasteiger partial charge in [-0.05, 0) is 24.2 Å². The minimum absolute atomic E-state index is 0. The van der Waals surface area contributed by atoms with Crippen molar-refractivity contribution in [1.82, 2.24) is 0 Å². The van der Waals surface area contributed by atoms with Crippen molar-refractivity contribution >= 4 is 11.9 Å². The van der Waals surface area contributed by atoms with Crippen LogP contribution in [0.2, 0.25) is 0 Å². The van der Waals surface area contributed by atoms with Gasteiger partial charge in [0, 0.05) is 23.8 Å². The molecule has 6 heteroatoms. The maximum Gasteiger partial charge on any atom is 1.00 e. The van der Waals surface area contributed by atoms with E-state index in [4.69, 9.17) is 0 Å². The summed E-state index contributed by atoms with van der Waals surface area (Å²) in [6.45, 7) is 5.81. The summed E-state index contributed by atoms with van der Waals surface area (Å²) in [7, 11) is 0. The van der Waals surface area contributed by atoms with Gasteiger partial charge in [0.15, 0.2) is 0 Å². The van der Waals surface area contributed by atoms with Crippen molar-refractivity contribution in [3.8, 4) is 0 Å². The number of hydrogen-bond acceptors (Lipinski definition) is 4. The Morgan fingerprint density at radius 3 is 1.83 bits per heavy atom. The van der Waals surface area contributed by atoms with Crippen LogP contribution < -0.4 is 69.3 Å². The second-order valence-electron chi connectivity index (χ2n) is 5.67. The fourth-order valence-corrected chi connectivity index (χ4v) is 2.76. The molecule has 1 aliphatic carbocycles. The van der Waals surface area contributed by atoms with Crippen LogP contribution in [0, 0.1) is 23.2 Å². The van der Waals surface area contributed by atoms with E-state index in [1.54, 1.807) is 0 Å². The largest absolute Gasteiger partial charge is 1.00 e. The molecule has 92 valence electrons. The summed E-state index contributed by atoms with van der Waals surface area (Å²) in [5.41, 5.74) is -0.223. The van der Waals surface area contributed by atoms with Gasteiger partial charge >= 0.3 is 59.1 Å². The zero-order valence-corrected chi connectivity index (χ0v) is 16.0. The number of carbonyl (C=O) groups excluding carboxylic acids is 2. The second-order valence-corrected chi connectivity index (χ2v) is 5.67.